The summed E-state index contributed by atoms with van der Waals surface area (Å²) in [5.41, 5.74) is 0.314. The van der Waals surface area contributed by atoms with E-state index >= 15 is 0 Å². The molecule has 1 aliphatic heterocycles. The Morgan fingerprint density at radius 2 is 2.03 bits per heavy atom. The van der Waals surface area contributed by atoms with Crippen molar-refractivity contribution < 1.29 is 9.47 Å². The molecule has 1 atom stereocenters. The molecule has 0 aromatic carbocycles. The predicted molar refractivity (Wildman–Crippen MR) is 141 cm³/mol. The van der Waals surface area contributed by atoms with E-state index in [4.69, 9.17) is 14.5 Å². The number of morpholine rings is 1. The fourth-order valence-corrected chi connectivity index (χ4v) is 5.47. The Hall–Kier alpha value is -0.420. The van der Waals surface area contributed by atoms with Crippen LogP contribution in [0.25, 0.3) is 0 Å². The monoisotopic (exact) mass is 564 g/mol. The summed E-state index contributed by atoms with van der Waals surface area (Å²) in [5.74, 6) is 0.940. The number of thiophene rings is 1. The van der Waals surface area contributed by atoms with Gasteiger partial charge in [0.2, 0.25) is 0 Å². The third-order valence-corrected chi connectivity index (χ3v) is 7.36. The molecule has 6 nitrogen and oxygen atoms in total. The molecule has 0 spiro atoms. The van der Waals surface area contributed by atoms with Crippen LogP contribution in [0.5, 0.6) is 0 Å². The van der Waals surface area contributed by atoms with Gasteiger partial charge in [0, 0.05) is 50.8 Å². The van der Waals surface area contributed by atoms with E-state index in [-0.39, 0.29) is 24.0 Å². The van der Waals surface area contributed by atoms with Gasteiger partial charge >= 0.3 is 0 Å². The standard InChI is InChI=1S/C23H40N4O2S.HI/c1-3-24-22(26-19-23(9-5-6-10-23)11-14-28-4-2)25-18-20(21-8-7-17-30-21)27-12-15-29-16-13-27;/h7-8,17,20H,3-6,9-16,18-19H2,1-2H3,(H2,24,25,26);1H. The Morgan fingerprint density at radius 3 is 2.68 bits per heavy atom. The lowest BCUT2D eigenvalue weighted by atomic mass is 9.83. The fraction of sp³-hybridized carbons (Fsp3) is 0.783. The molecule has 0 bridgehead atoms. The second-order valence-electron chi connectivity index (χ2n) is 8.41. The molecule has 2 aliphatic rings. The normalized spacial score (nSPS) is 20.3. The van der Waals surface area contributed by atoms with E-state index in [9.17, 15) is 0 Å². The van der Waals surface area contributed by atoms with Crippen molar-refractivity contribution in [2.24, 2.45) is 10.4 Å². The number of ether oxygens (including phenoxy) is 2. The largest absolute Gasteiger partial charge is 0.382 e. The first-order valence-corrected chi connectivity index (χ1v) is 12.6. The molecule has 8 heteroatoms. The number of halogens is 1. The number of hydrogen-bond acceptors (Lipinski definition) is 5. The quantitative estimate of drug-likeness (QED) is 0.182. The highest BCUT2D eigenvalue weighted by Gasteiger charge is 2.33. The molecular formula is C23H41IN4O2S. The molecule has 2 fully saturated rings. The van der Waals surface area contributed by atoms with Crippen molar-refractivity contribution in [2.45, 2.75) is 52.0 Å². The van der Waals surface area contributed by atoms with Crippen molar-refractivity contribution in [3.8, 4) is 0 Å². The molecule has 1 aromatic rings. The van der Waals surface area contributed by atoms with E-state index in [0.29, 0.717) is 11.5 Å². The van der Waals surface area contributed by atoms with Crippen molar-refractivity contribution in [2.75, 3.05) is 59.2 Å². The van der Waals surface area contributed by atoms with Crippen LogP contribution >= 0.6 is 35.3 Å². The molecule has 2 heterocycles. The lowest BCUT2D eigenvalue weighted by Gasteiger charge is -2.34. The van der Waals surface area contributed by atoms with Crippen LogP contribution in [0.4, 0.5) is 0 Å². The van der Waals surface area contributed by atoms with E-state index < -0.39 is 0 Å². The van der Waals surface area contributed by atoms with E-state index in [1.165, 1.54) is 30.6 Å². The van der Waals surface area contributed by atoms with Crippen molar-refractivity contribution >= 4 is 41.3 Å². The highest BCUT2D eigenvalue weighted by molar-refractivity contribution is 14.0. The number of guanidine groups is 1. The number of nitrogens with zero attached hydrogens (tertiary/aromatic N) is 2. The number of aliphatic imine (C=N–C) groups is 1. The Morgan fingerprint density at radius 1 is 1.26 bits per heavy atom. The first-order valence-electron chi connectivity index (χ1n) is 11.7. The molecule has 178 valence electrons. The van der Waals surface area contributed by atoms with Gasteiger partial charge in [-0.15, -0.1) is 35.3 Å². The summed E-state index contributed by atoms with van der Waals surface area (Å²) in [6, 6.07) is 4.75. The van der Waals surface area contributed by atoms with Gasteiger partial charge in [0.25, 0.3) is 0 Å². The third-order valence-electron chi connectivity index (χ3n) is 6.38. The van der Waals surface area contributed by atoms with E-state index in [1.54, 1.807) is 0 Å². The molecule has 0 amide bonds. The Balaban J connectivity index is 0.00000341. The number of hydrogen-bond donors (Lipinski definition) is 2. The van der Waals surface area contributed by atoms with Crippen molar-refractivity contribution in [3.63, 3.8) is 0 Å². The van der Waals surface area contributed by atoms with Gasteiger partial charge in [-0.25, -0.2) is 0 Å². The van der Waals surface area contributed by atoms with Gasteiger partial charge in [-0.2, -0.15) is 0 Å². The van der Waals surface area contributed by atoms with Crippen molar-refractivity contribution in [1.29, 1.82) is 0 Å². The second-order valence-corrected chi connectivity index (χ2v) is 9.39. The van der Waals surface area contributed by atoms with Crippen LogP contribution in [0.2, 0.25) is 0 Å². The highest BCUT2D eigenvalue weighted by Crippen LogP contribution is 2.41. The van der Waals surface area contributed by atoms with Gasteiger partial charge in [-0.3, -0.25) is 9.89 Å². The maximum absolute atomic E-state index is 5.67. The van der Waals surface area contributed by atoms with Crippen molar-refractivity contribution in [3.05, 3.63) is 22.4 Å². The van der Waals surface area contributed by atoms with Crippen LogP contribution in [-0.4, -0.2) is 70.0 Å². The molecular weight excluding hydrogens is 523 g/mol. The van der Waals surface area contributed by atoms with Crippen molar-refractivity contribution in [1.82, 2.24) is 15.5 Å². The summed E-state index contributed by atoms with van der Waals surface area (Å²) >= 11 is 1.84. The molecule has 31 heavy (non-hydrogen) atoms. The summed E-state index contributed by atoms with van der Waals surface area (Å²) in [7, 11) is 0. The van der Waals surface area contributed by atoms with Crippen LogP contribution in [0.3, 0.4) is 0 Å². The smallest absolute Gasteiger partial charge is 0.191 e. The highest BCUT2D eigenvalue weighted by atomic mass is 127. The molecule has 1 saturated carbocycles. The van der Waals surface area contributed by atoms with Gasteiger partial charge < -0.3 is 20.1 Å². The van der Waals surface area contributed by atoms with Crippen LogP contribution in [-0.2, 0) is 9.47 Å². The second kappa shape index (κ2) is 14.7. The molecule has 1 saturated heterocycles. The maximum Gasteiger partial charge on any atom is 0.191 e. The number of nitrogens with one attached hydrogen (secondary N) is 2. The third kappa shape index (κ3) is 8.46. The predicted octanol–water partition coefficient (Wildman–Crippen LogP) is 4.28. The summed E-state index contributed by atoms with van der Waals surface area (Å²) in [4.78, 5) is 8.98. The summed E-state index contributed by atoms with van der Waals surface area (Å²) in [6.45, 7) is 12.1. The lowest BCUT2D eigenvalue weighted by Crippen LogP contribution is -2.46. The van der Waals surface area contributed by atoms with Crippen LogP contribution in [0, 0.1) is 5.41 Å². The summed E-state index contributed by atoms with van der Waals surface area (Å²) in [5, 5.41) is 9.28. The first-order chi connectivity index (χ1) is 14.8. The average molecular weight is 565 g/mol. The molecule has 1 aliphatic carbocycles. The number of rotatable bonds is 11. The van der Waals surface area contributed by atoms with Crippen LogP contribution < -0.4 is 10.6 Å². The minimum absolute atomic E-state index is 0. The summed E-state index contributed by atoms with van der Waals surface area (Å²) in [6.07, 6.45) is 6.31. The zero-order chi connectivity index (χ0) is 21.1. The Labute approximate surface area is 209 Å². The minimum atomic E-state index is 0. The SMILES string of the molecule is CCNC(=NCC1(CCOCC)CCCC1)NCC(c1cccs1)N1CCOCC1.I. The van der Waals surface area contributed by atoms with E-state index in [1.807, 2.05) is 11.3 Å². The average Bonchev–Trinajstić information content (AvgIpc) is 3.46. The molecule has 2 N–H and O–H groups in total. The minimum Gasteiger partial charge on any atom is -0.382 e. The van der Waals surface area contributed by atoms with E-state index in [2.05, 4.69) is 46.9 Å². The zero-order valence-corrected chi connectivity index (χ0v) is 22.4. The Kier molecular flexibility index (Phi) is 12.7. The molecule has 3 rings (SSSR count). The Bertz CT molecular complexity index is 617. The maximum atomic E-state index is 5.67. The first kappa shape index (κ1) is 26.8. The van der Waals surface area contributed by atoms with Gasteiger partial charge in [0.05, 0.1) is 19.3 Å². The topological polar surface area (TPSA) is 58.1 Å². The van der Waals surface area contributed by atoms with Gasteiger partial charge in [-0.1, -0.05) is 18.9 Å². The van der Waals surface area contributed by atoms with Gasteiger partial charge in [0.15, 0.2) is 5.96 Å². The van der Waals surface area contributed by atoms with E-state index in [0.717, 1.165) is 71.5 Å². The molecule has 1 aromatic heterocycles. The van der Waals surface area contributed by atoms with Crippen LogP contribution in [0.1, 0.15) is 56.9 Å². The fourth-order valence-electron chi connectivity index (χ4n) is 4.61. The van der Waals surface area contributed by atoms with Gasteiger partial charge in [-0.05, 0) is 50.0 Å². The molecule has 0 radical (unpaired) electrons. The molecule has 1 unspecified atom stereocenters. The van der Waals surface area contributed by atoms with Crippen LogP contribution in [0.15, 0.2) is 22.5 Å². The lowest BCUT2D eigenvalue weighted by molar-refractivity contribution is 0.0177. The zero-order valence-electron chi connectivity index (χ0n) is 19.2. The summed E-state index contributed by atoms with van der Waals surface area (Å²) < 4.78 is 11.2. The van der Waals surface area contributed by atoms with Gasteiger partial charge in [0.1, 0.15) is 0 Å².